The summed E-state index contributed by atoms with van der Waals surface area (Å²) in [5, 5.41) is 8.74. The number of hydrogen-bond acceptors (Lipinski definition) is 3. The van der Waals surface area contributed by atoms with Gasteiger partial charge in [0, 0.05) is 13.1 Å². The van der Waals surface area contributed by atoms with Gasteiger partial charge in [0.2, 0.25) is 5.91 Å². The van der Waals surface area contributed by atoms with E-state index in [1.807, 2.05) is 6.92 Å². The van der Waals surface area contributed by atoms with Crippen molar-refractivity contribution in [1.29, 1.82) is 0 Å². The van der Waals surface area contributed by atoms with Gasteiger partial charge in [-0.1, -0.05) is 6.92 Å². The zero-order valence-electron chi connectivity index (χ0n) is 8.27. The molecule has 3 N–H and O–H groups in total. The summed E-state index contributed by atoms with van der Waals surface area (Å²) in [5.74, 6) is -1.37. The highest BCUT2D eigenvalue weighted by atomic mass is 16.4. The van der Waals surface area contributed by atoms with Gasteiger partial charge >= 0.3 is 5.97 Å². The van der Waals surface area contributed by atoms with E-state index >= 15 is 0 Å². The molecular weight excluding hydrogens is 184 g/mol. The lowest BCUT2D eigenvalue weighted by atomic mass is 10.1. The minimum absolute atomic E-state index is 0.128. The fourth-order valence-corrected chi connectivity index (χ4v) is 1.57. The van der Waals surface area contributed by atoms with Crippen molar-refractivity contribution in [2.24, 2.45) is 11.7 Å². The molecule has 0 saturated carbocycles. The van der Waals surface area contributed by atoms with Crippen LogP contribution in [0.1, 0.15) is 19.8 Å². The normalized spacial score (nSPS) is 23.6. The molecule has 1 amide bonds. The number of rotatable bonds is 3. The monoisotopic (exact) mass is 200 g/mol. The Bertz CT molecular complexity index is 242. The fraction of sp³-hybridized carbons (Fsp3) is 0.778. The van der Waals surface area contributed by atoms with Crippen LogP contribution in [0.25, 0.3) is 0 Å². The van der Waals surface area contributed by atoms with Gasteiger partial charge in [-0.3, -0.25) is 9.59 Å². The Kier molecular flexibility index (Phi) is 3.46. The zero-order chi connectivity index (χ0) is 10.7. The highest BCUT2D eigenvalue weighted by molar-refractivity contribution is 5.83. The van der Waals surface area contributed by atoms with Gasteiger partial charge in [0.15, 0.2) is 0 Å². The number of hydrogen-bond donors (Lipinski definition) is 2. The zero-order valence-corrected chi connectivity index (χ0v) is 8.27. The molecule has 14 heavy (non-hydrogen) atoms. The molecule has 1 unspecified atom stereocenters. The van der Waals surface area contributed by atoms with Crippen molar-refractivity contribution in [2.45, 2.75) is 25.8 Å². The standard InChI is InChI=1S/C9H16N2O3/c1-2-7(10)8(12)11-4-3-6(5-11)9(13)14/h6-7H,2-5,10H2,1H3,(H,13,14)/t6?,7-/m0/s1. The summed E-state index contributed by atoms with van der Waals surface area (Å²) in [5.41, 5.74) is 5.58. The minimum atomic E-state index is -0.828. The Morgan fingerprint density at radius 3 is 2.71 bits per heavy atom. The van der Waals surface area contributed by atoms with Crippen molar-refractivity contribution in [3.8, 4) is 0 Å². The average molecular weight is 200 g/mol. The molecule has 0 aliphatic carbocycles. The first-order valence-corrected chi connectivity index (χ1v) is 4.83. The van der Waals surface area contributed by atoms with Crippen LogP contribution in [0.2, 0.25) is 0 Å². The SMILES string of the molecule is CC[C@H](N)C(=O)N1CCC(C(=O)O)C1. The number of carboxylic acid groups (broad SMARTS) is 1. The Balaban J connectivity index is 2.49. The quantitative estimate of drug-likeness (QED) is 0.652. The number of nitrogens with two attached hydrogens (primary N) is 1. The lowest BCUT2D eigenvalue weighted by molar-refractivity contribution is -0.141. The molecule has 5 heteroatoms. The highest BCUT2D eigenvalue weighted by Crippen LogP contribution is 2.17. The Labute approximate surface area is 82.9 Å². The van der Waals surface area contributed by atoms with E-state index in [2.05, 4.69) is 0 Å². The van der Waals surface area contributed by atoms with E-state index in [0.29, 0.717) is 25.9 Å². The molecular formula is C9H16N2O3. The molecule has 5 nitrogen and oxygen atoms in total. The van der Waals surface area contributed by atoms with Gasteiger partial charge in [-0.05, 0) is 12.8 Å². The van der Waals surface area contributed by atoms with E-state index < -0.39 is 17.9 Å². The predicted octanol–water partition coefficient (Wildman–Crippen LogP) is -0.343. The van der Waals surface area contributed by atoms with Gasteiger partial charge in [0.25, 0.3) is 0 Å². The van der Waals surface area contributed by atoms with Gasteiger partial charge in [-0.15, -0.1) is 0 Å². The maximum Gasteiger partial charge on any atom is 0.308 e. The van der Waals surface area contributed by atoms with Crippen molar-refractivity contribution in [1.82, 2.24) is 4.90 Å². The van der Waals surface area contributed by atoms with Crippen molar-refractivity contribution in [2.75, 3.05) is 13.1 Å². The molecule has 0 aromatic heterocycles. The summed E-state index contributed by atoms with van der Waals surface area (Å²) in [6.45, 7) is 2.67. The van der Waals surface area contributed by atoms with Gasteiger partial charge in [-0.2, -0.15) is 0 Å². The molecule has 0 radical (unpaired) electrons. The average Bonchev–Trinajstić information content (AvgIpc) is 2.64. The summed E-state index contributed by atoms with van der Waals surface area (Å²) < 4.78 is 0. The first-order chi connectivity index (χ1) is 6.56. The maximum atomic E-state index is 11.6. The van der Waals surface area contributed by atoms with Crippen LogP contribution < -0.4 is 5.73 Å². The van der Waals surface area contributed by atoms with E-state index in [4.69, 9.17) is 10.8 Å². The van der Waals surface area contributed by atoms with E-state index in [9.17, 15) is 9.59 Å². The summed E-state index contributed by atoms with van der Waals surface area (Å²) in [7, 11) is 0. The van der Waals surface area contributed by atoms with Crippen LogP contribution in [-0.2, 0) is 9.59 Å². The number of carbonyl (C=O) groups is 2. The largest absolute Gasteiger partial charge is 0.481 e. The smallest absolute Gasteiger partial charge is 0.308 e. The Morgan fingerprint density at radius 2 is 2.29 bits per heavy atom. The molecule has 1 heterocycles. The molecule has 1 fully saturated rings. The molecule has 1 saturated heterocycles. The van der Waals surface area contributed by atoms with Crippen molar-refractivity contribution in [3.63, 3.8) is 0 Å². The molecule has 0 spiro atoms. The van der Waals surface area contributed by atoms with E-state index in [0.717, 1.165) is 0 Å². The Morgan fingerprint density at radius 1 is 1.64 bits per heavy atom. The molecule has 0 bridgehead atoms. The van der Waals surface area contributed by atoms with Crippen molar-refractivity contribution in [3.05, 3.63) is 0 Å². The summed E-state index contributed by atoms with van der Waals surface area (Å²) in [6, 6.07) is -0.484. The van der Waals surface area contributed by atoms with Gasteiger partial charge in [-0.25, -0.2) is 0 Å². The van der Waals surface area contributed by atoms with E-state index in [1.165, 1.54) is 0 Å². The summed E-state index contributed by atoms with van der Waals surface area (Å²) in [4.78, 5) is 23.7. The topological polar surface area (TPSA) is 83.6 Å². The second-order valence-corrected chi connectivity index (χ2v) is 3.62. The number of amides is 1. The highest BCUT2D eigenvalue weighted by Gasteiger charge is 2.32. The van der Waals surface area contributed by atoms with Crippen molar-refractivity contribution >= 4 is 11.9 Å². The summed E-state index contributed by atoms with van der Waals surface area (Å²) in [6.07, 6.45) is 1.13. The van der Waals surface area contributed by atoms with Crippen LogP contribution >= 0.6 is 0 Å². The lowest BCUT2D eigenvalue weighted by Crippen LogP contribution is -2.42. The van der Waals surface area contributed by atoms with Crippen LogP contribution in [0.4, 0.5) is 0 Å². The fourth-order valence-electron chi connectivity index (χ4n) is 1.57. The van der Waals surface area contributed by atoms with E-state index in [1.54, 1.807) is 4.90 Å². The van der Waals surface area contributed by atoms with Crippen LogP contribution in [0.5, 0.6) is 0 Å². The van der Waals surface area contributed by atoms with E-state index in [-0.39, 0.29) is 5.91 Å². The van der Waals surface area contributed by atoms with Gasteiger partial charge in [0.1, 0.15) is 0 Å². The summed E-state index contributed by atoms with van der Waals surface area (Å²) >= 11 is 0. The number of carboxylic acids is 1. The molecule has 2 atom stereocenters. The number of likely N-dealkylation sites (tertiary alicyclic amines) is 1. The van der Waals surface area contributed by atoms with Gasteiger partial charge < -0.3 is 15.7 Å². The molecule has 1 aliphatic rings. The third-order valence-corrected chi connectivity index (χ3v) is 2.61. The molecule has 0 aromatic rings. The third kappa shape index (κ3) is 2.23. The molecule has 1 rings (SSSR count). The first kappa shape index (κ1) is 11.0. The predicted molar refractivity (Wildman–Crippen MR) is 50.6 cm³/mol. The van der Waals surface area contributed by atoms with Crippen LogP contribution in [0.3, 0.4) is 0 Å². The first-order valence-electron chi connectivity index (χ1n) is 4.83. The number of carbonyl (C=O) groups excluding carboxylic acids is 1. The van der Waals surface area contributed by atoms with Crippen LogP contribution in [0.15, 0.2) is 0 Å². The molecule has 80 valence electrons. The molecule has 1 aliphatic heterocycles. The molecule has 0 aromatic carbocycles. The maximum absolute atomic E-state index is 11.6. The lowest BCUT2D eigenvalue weighted by Gasteiger charge is -2.19. The second-order valence-electron chi connectivity index (χ2n) is 3.62. The van der Waals surface area contributed by atoms with Crippen LogP contribution in [0, 0.1) is 5.92 Å². The van der Waals surface area contributed by atoms with Crippen molar-refractivity contribution < 1.29 is 14.7 Å². The minimum Gasteiger partial charge on any atom is -0.481 e. The van der Waals surface area contributed by atoms with Gasteiger partial charge in [0.05, 0.1) is 12.0 Å². The Hall–Kier alpha value is -1.10. The third-order valence-electron chi connectivity index (χ3n) is 2.61. The number of nitrogens with zero attached hydrogens (tertiary/aromatic N) is 1. The number of aliphatic carboxylic acids is 1. The van der Waals surface area contributed by atoms with Crippen LogP contribution in [-0.4, -0.2) is 41.0 Å². The second kappa shape index (κ2) is 4.41.